The second-order valence-corrected chi connectivity index (χ2v) is 8.89. The number of aryl methyl sites for hydroxylation is 2. The molecule has 3 aromatic heterocycles. The summed E-state index contributed by atoms with van der Waals surface area (Å²) in [5, 5.41) is 0.214. The first-order chi connectivity index (χ1) is 17.4. The van der Waals surface area contributed by atoms with Gasteiger partial charge in [0.2, 0.25) is 0 Å². The average Bonchev–Trinajstić information content (AvgIpc) is 2.86. The van der Waals surface area contributed by atoms with Crippen molar-refractivity contribution in [3.05, 3.63) is 85.7 Å². The van der Waals surface area contributed by atoms with Crippen molar-refractivity contribution < 1.29 is 19.1 Å². The van der Waals surface area contributed by atoms with Gasteiger partial charge in [0, 0.05) is 30.9 Å². The lowest BCUT2D eigenvalue weighted by atomic mass is 10.2. The third kappa shape index (κ3) is 4.87. The highest BCUT2D eigenvalue weighted by Crippen LogP contribution is 2.18. The Morgan fingerprint density at radius 1 is 1.11 bits per heavy atom. The Bertz CT molecular complexity index is 1610. The third-order valence-electron chi connectivity index (χ3n) is 5.64. The summed E-state index contributed by atoms with van der Waals surface area (Å²) in [6, 6.07) is 11.9. The number of amides is 1. The molecule has 4 rings (SSSR count). The van der Waals surface area contributed by atoms with Gasteiger partial charge in [-0.05, 0) is 66.0 Å². The number of benzene rings is 1. The molecule has 36 heavy (non-hydrogen) atoms. The number of methoxy groups -OCH3 is 1. The number of halogens is 1. The predicted molar refractivity (Wildman–Crippen MR) is 138 cm³/mol. The molecule has 0 radical (unpaired) electrons. The number of hydrogen-bond acceptors (Lipinski definition) is 6. The van der Waals surface area contributed by atoms with E-state index < -0.39 is 11.9 Å². The van der Waals surface area contributed by atoms with E-state index in [1.54, 1.807) is 55.1 Å². The molecule has 0 spiro atoms. The molecule has 0 unspecified atom stereocenters. The molecule has 0 aliphatic carbocycles. The van der Waals surface area contributed by atoms with Crippen LogP contribution >= 0.6 is 15.9 Å². The van der Waals surface area contributed by atoms with Crippen LogP contribution in [0.25, 0.3) is 16.7 Å². The molecule has 0 aliphatic rings. The van der Waals surface area contributed by atoms with Crippen molar-refractivity contribution in [2.45, 2.75) is 26.8 Å². The summed E-state index contributed by atoms with van der Waals surface area (Å²) in [5.41, 5.74) is 1.67. The number of rotatable bonds is 7. The highest BCUT2D eigenvalue weighted by Gasteiger charge is 2.21. The molecule has 0 bridgehead atoms. The maximum Gasteiger partial charge on any atom is 0.341 e. The Kier molecular flexibility index (Phi) is 7.76. The van der Waals surface area contributed by atoms with Crippen molar-refractivity contribution in [3.63, 3.8) is 0 Å². The molecule has 0 fully saturated rings. The smallest absolute Gasteiger partial charge is 0.341 e. The van der Waals surface area contributed by atoms with E-state index in [1.165, 1.54) is 10.5 Å². The second-order valence-electron chi connectivity index (χ2n) is 8.04. The molecular weight excluding hydrogens is 528 g/mol. The number of pyridine rings is 2. The van der Waals surface area contributed by atoms with Crippen LogP contribution in [-0.4, -0.2) is 46.2 Å². The standard InChI is InChI=1S/C26H25BrN4O5/c1-4-36-26(34)19-15-18-22(28-21-16(2)9-7-12-31(21)25(18)33)30(13-8-14-35-3)23(19)29-24(32)17-10-5-6-11-20(17)27/h5-7,9-12,15H,4,8,13-14H2,1-3H3. The average molecular weight is 553 g/mol. The van der Waals surface area contributed by atoms with Crippen molar-refractivity contribution in [2.24, 2.45) is 4.99 Å². The van der Waals surface area contributed by atoms with E-state index in [1.807, 2.05) is 13.0 Å². The minimum absolute atomic E-state index is 0.00803. The maximum absolute atomic E-state index is 13.5. The molecule has 1 amide bonds. The lowest BCUT2D eigenvalue weighted by Crippen LogP contribution is -2.33. The fourth-order valence-corrected chi connectivity index (χ4v) is 4.39. The Morgan fingerprint density at radius 2 is 1.89 bits per heavy atom. The van der Waals surface area contributed by atoms with Gasteiger partial charge in [0.1, 0.15) is 16.9 Å². The normalized spacial score (nSPS) is 11.8. The van der Waals surface area contributed by atoms with Gasteiger partial charge in [-0.1, -0.05) is 18.2 Å². The summed E-state index contributed by atoms with van der Waals surface area (Å²) in [6.07, 6.45) is 2.16. The SMILES string of the molecule is CCOC(=O)c1cc2c(=O)n3cccc(C)c3nc2n(CCCOC)c1=NC(=O)c1ccccc1Br. The maximum atomic E-state index is 13.5. The number of aromatic nitrogens is 3. The lowest BCUT2D eigenvalue weighted by Gasteiger charge is -2.15. The molecule has 1 aromatic carbocycles. The van der Waals surface area contributed by atoms with E-state index >= 15 is 0 Å². The summed E-state index contributed by atoms with van der Waals surface area (Å²) in [4.78, 5) is 48.9. The zero-order chi connectivity index (χ0) is 25.8. The Hall–Kier alpha value is -3.63. The molecule has 186 valence electrons. The summed E-state index contributed by atoms with van der Waals surface area (Å²) < 4.78 is 14.1. The fourth-order valence-electron chi connectivity index (χ4n) is 3.94. The van der Waals surface area contributed by atoms with Gasteiger partial charge in [0.15, 0.2) is 5.49 Å². The minimum Gasteiger partial charge on any atom is -0.462 e. The van der Waals surface area contributed by atoms with E-state index in [4.69, 9.17) is 14.5 Å². The number of ether oxygens (including phenoxy) is 2. The predicted octanol–water partition coefficient (Wildman–Crippen LogP) is 3.67. The van der Waals surface area contributed by atoms with E-state index in [0.717, 1.165) is 5.56 Å². The zero-order valence-electron chi connectivity index (χ0n) is 20.2. The number of carbonyl (C=O) groups is 2. The van der Waals surface area contributed by atoms with Crippen LogP contribution in [0.3, 0.4) is 0 Å². The highest BCUT2D eigenvalue weighted by atomic mass is 79.9. The minimum atomic E-state index is -0.688. The largest absolute Gasteiger partial charge is 0.462 e. The van der Waals surface area contributed by atoms with Crippen LogP contribution in [0.1, 0.15) is 39.6 Å². The van der Waals surface area contributed by atoms with Gasteiger partial charge in [-0.2, -0.15) is 4.99 Å². The van der Waals surface area contributed by atoms with Gasteiger partial charge >= 0.3 is 5.97 Å². The molecule has 9 nitrogen and oxygen atoms in total. The molecule has 0 N–H and O–H groups in total. The van der Waals surface area contributed by atoms with Crippen molar-refractivity contribution in [1.29, 1.82) is 0 Å². The lowest BCUT2D eigenvalue weighted by molar-refractivity contribution is 0.0523. The van der Waals surface area contributed by atoms with E-state index in [2.05, 4.69) is 20.9 Å². The summed E-state index contributed by atoms with van der Waals surface area (Å²) in [5.74, 6) is -1.24. The highest BCUT2D eigenvalue weighted by molar-refractivity contribution is 9.10. The number of hydrogen-bond donors (Lipinski definition) is 0. The Balaban J connectivity index is 2.13. The molecule has 0 aliphatic heterocycles. The van der Waals surface area contributed by atoms with E-state index in [-0.39, 0.29) is 28.6 Å². The van der Waals surface area contributed by atoms with Crippen LogP contribution in [0.4, 0.5) is 0 Å². The van der Waals surface area contributed by atoms with Gasteiger partial charge < -0.3 is 14.0 Å². The number of carbonyl (C=O) groups excluding carboxylic acids is 2. The topological polar surface area (TPSA) is 104 Å². The van der Waals surface area contributed by atoms with Gasteiger partial charge in [-0.15, -0.1) is 0 Å². The Morgan fingerprint density at radius 3 is 2.61 bits per heavy atom. The van der Waals surface area contributed by atoms with Crippen LogP contribution in [0, 0.1) is 6.92 Å². The molecular formula is C26H25BrN4O5. The van der Waals surface area contributed by atoms with Crippen LogP contribution in [-0.2, 0) is 16.0 Å². The van der Waals surface area contributed by atoms with Gasteiger partial charge in [0.05, 0.1) is 17.6 Å². The summed E-state index contributed by atoms with van der Waals surface area (Å²) in [7, 11) is 1.58. The summed E-state index contributed by atoms with van der Waals surface area (Å²) in [6.45, 7) is 4.38. The van der Waals surface area contributed by atoms with Crippen molar-refractivity contribution in [3.8, 4) is 0 Å². The molecule has 0 saturated heterocycles. The van der Waals surface area contributed by atoms with Crippen LogP contribution < -0.4 is 11.0 Å². The van der Waals surface area contributed by atoms with Crippen molar-refractivity contribution >= 4 is 44.5 Å². The number of nitrogens with zero attached hydrogens (tertiary/aromatic N) is 4. The van der Waals surface area contributed by atoms with Crippen molar-refractivity contribution in [1.82, 2.24) is 14.0 Å². The Labute approximate surface area is 215 Å². The number of esters is 1. The van der Waals surface area contributed by atoms with Gasteiger partial charge in [-0.25, -0.2) is 9.78 Å². The van der Waals surface area contributed by atoms with E-state index in [0.29, 0.717) is 40.9 Å². The quantitative estimate of drug-likeness (QED) is 0.197. The van der Waals surface area contributed by atoms with Crippen LogP contribution in [0.2, 0.25) is 0 Å². The zero-order valence-corrected chi connectivity index (χ0v) is 21.7. The third-order valence-corrected chi connectivity index (χ3v) is 6.33. The first kappa shape index (κ1) is 25.5. The fraction of sp³-hybridized carbons (Fsp3) is 0.269. The van der Waals surface area contributed by atoms with Crippen LogP contribution in [0.15, 0.2) is 62.9 Å². The van der Waals surface area contributed by atoms with Gasteiger partial charge in [-0.3, -0.25) is 14.0 Å². The first-order valence-corrected chi connectivity index (χ1v) is 12.2. The van der Waals surface area contributed by atoms with E-state index in [9.17, 15) is 14.4 Å². The molecule has 3 heterocycles. The van der Waals surface area contributed by atoms with Crippen molar-refractivity contribution in [2.75, 3.05) is 20.3 Å². The number of fused-ring (bicyclic) bond motifs is 2. The molecule has 4 aromatic rings. The van der Waals surface area contributed by atoms with Gasteiger partial charge in [0.25, 0.3) is 11.5 Å². The second kappa shape index (κ2) is 11.0. The summed E-state index contributed by atoms with van der Waals surface area (Å²) >= 11 is 3.38. The van der Waals surface area contributed by atoms with Crippen LogP contribution in [0.5, 0.6) is 0 Å². The molecule has 0 atom stereocenters. The molecule has 0 saturated carbocycles. The first-order valence-electron chi connectivity index (χ1n) is 11.4. The monoisotopic (exact) mass is 552 g/mol. The molecule has 10 heteroatoms.